The largest absolute Gasteiger partial charge is 0.340 e. The van der Waals surface area contributed by atoms with Gasteiger partial charge < -0.3 is 15.1 Å². The van der Waals surface area contributed by atoms with Gasteiger partial charge in [0.2, 0.25) is 5.91 Å². The van der Waals surface area contributed by atoms with Crippen molar-refractivity contribution in [2.24, 2.45) is 5.92 Å². The Morgan fingerprint density at radius 1 is 1.18 bits per heavy atom. The normalized spacial score (nSPS) is 24.5. The summed E-state index contributed by atoms with van der Waals surface area (Å²) < 4.78 is 0. The summed E-state index contributed by atoms with van der Waals surface area (Å²) >= 11 is 0. The van der Waals surface area contributed by atoms with Gasteiger partial charge in [0.1, 0.15) is 0 Å². The second-order valence-electron chi connectivity index (χ2n) is 4.46. The third-order valence-corrected chi connectivity index (χ3v) is 3.38. The molecule has 2 aliphatic heterocycles. The molecule has 2 aliphatic rings. The van der Waals surface area contributed by atoms with E-state index >= 15 is 0 Å². The van der Waals surface area contributed by atoms with E-state index in [0.717, 1.165) is 32.6 Å². The number of likely N-dealkylation sites (tertiary alicyclic amines) is 1. The number of piperazine rings is 1. The fourth-order valence-corrected chi connectivity index (χ4v) is 2.38. The van der Waals surface area contributed by atoms with Gasteiger partial charge in [-0.25, -0.2) is 0 Å². The Morgan fingerprint density at radius 3 is 2.53 bits per heavy atom. The Balaban J connectivity index is 1.89. The highest BCUT2D eigenvalue weighted by molar-refractivity contribution is 5.93. The fraction of sp³-hybridized carbons (Fsp3) is 0.667. The van der Waals surface area contributed by atoms with Crippen LogP contribution in [0.2, 0.25) is 0 Å². The monoisotopic (exact) mass is 235 g/mol. The summed E-state index contributed by atoms with van der Waals surface area (Å²) in [7, 11) is 0. The molecule has 2 heterocycles. The number of hydrogen-bond acceptors (Lipinski definition) is 3. The predicted octanol–water partition coefficient (Wildman–Crippen LogP) is -1.10. The van der Waals surface area contributed by atoms with Crippen LogP contribution < -0.4 is 5.32 Å². The standard InChI is InChI=1S/C12H17N3O2/c1-2-11(16)15-6-3-10(9-15)12(17)14-7-4-13-5-8-14/h1,10,13H,3-9H2. The van der Waals surface area contributed by atoms with E-state index in [2.05, 4.69) is 11.2 Å². The van der Waals surface area contributed by atoms with E-state index in [1.807, 2.05) is 4.90 Å². The van der Waals surface area contributed by atoms with Crippen LogP contribution in [-0.4, -0.2) is 60.9 Å². The van der Waals surface area contributed by atoms with Crippen molar-refractivity contribution < 1.29 is 9.59 Å². The Hall–Kier alpha value is -1.54. The summed E-state index contributed by atoms with van der Waals surface area (Å²) in [4.78, 5) is 26.9. The molecule has 0 aliphatic carbocycles. The van der Waals surface area contributed by atoms with E-state index in [4.69, 9.17) is 6.42 Å². The first kappa shape index (κ1) is 11.9. The maximum Gasteiger partial charge on any atom is 0.298 e. The molecule has 2 rings (SSSR count). The van der Waals surface area contributed by atoms with Crippen LogP contribution in [0.25, 0.3) is 0 Å². The Kier molecular flexibility index (Phi) is 3.64. The molecule has 0 saturated carbocycles. The number of carbonyl (C=O) groups is 2. The molecule has 1 unspecified atom stereocenters. The van der Waals surface area contributed by atoms with Gasteiger partial charge in [-0.2, -0.15) is 0 Å². The summed E-state index contributed by atoms with van der Waals surface area (Å²) in [6, 6.07) is 0. The number of hydrogen-bond donors (Lipinski definition) is 1. The Bertz CT molecular complexity index is 355. The molecule has 0 spiro atoms. The minimum absolute atomic E-state index is 0.0644. The second kappa shape index (κ2) is 5.19. The van der Waals surface area contributed by atoms with Crippen LogP contribution >= 0.6 is 0 Å². The van der Waals surface area contributed by atoms with E-state index < -0.39 is 0 Å². The fourth-order valence-electron chi connectivity index (χ4n) is 2.38. The number of nitrogens with one attached hydrogen (secondary N) is 1. The van der Waals surface area contributed by atoms with Gasteiger partial charge in [0, 0.05) is 39.3 Å². The summed E-state index contributed by atoms with van der Waals surface area (Å²) in [6.45, 7) is 4.31. The molecule has 5 nitrogen and oxygen atoms in total. The van der Waals surface area contributed by atoms with E-state index in [-0.39, 0.29) is 17.7 Å². The molecule has 92 valence electrons. The highest BCUT2D eigenvalue weighted by atomic mass is 16.2. The van der Waals surface area contributed by atoms with Crippen molar-refractivity contribution in [3.8, 4) is 12.3 Å². The summed E-state index contributed by atoms with van der Waals surface area (Å²) in [5, 5.41) is 3.21. The lowest BCUT2D eigenvalue weighted by Gasteiger charge is -2.29. The molecule has 2 fully saturated rings. The zero-order valence-corrected chi connectivity index (χ0v) is 9.82. The third kappa shape index (κ3) is 2.59. The van der Waals surface area contributed by atoms with Crippen LogP contribution in [0, 0.1) is 18.3 Å². The third-order valence-electron chi connectivity index (χ3n) is 3.38. The smallest absolute Gasteiger partial charge is 0.298 e. The van der Waals surface area contributed by atoms with Crippen LogP contribution in [0.5, 0.6) is 0 Å². The molecular weight excluding hydrogens is 218 g/mol. The lowest BCUT2D eigenvalue weighted by molar-refractivity contribution is -0.135. The van der Waals surface area contributed by atoms with Crippen molar-refractivity contribution in [3.05, 3.63) is 0 Å². The number of amides is 2. The quantitative estimate of drug-likeness (QED) is 0.587. The van der Waals surface area contributed by atoms with Gasteiger partial charge in [0.15, 0.2) is 0 Å². The van der Waals surface area contributed by atoms with Crippen LogP contribution in [0.4, 0.5) is 0 Å². The van der Waals surface area contributed by atoms with Gasteiger partial charge in [-0.3, -0.25) is 9.59 Å². The first-order valence-electron chi connectivity index (χ1n) is 5.97. The molecule has 0 bridgehead atoms. The maximum atomic E-state index is 12.2. The number of rotatable bonds is 1. The SMILES string of the molecule is C#CC(=O)N1CCC(C(=O)N2CCNCC2)C1. The molecule has 5 heteroatoms. The van der Waals surface area contributed by atoms with Crippen LogP contribution in [0.1, 0.15) is 6.42 Å². The maximum absolute atomic E-state index is 12.2. The molecule has 0 aromatic carbocycles. The average molecular weight is 235 g/mol. The number of nitrogens with zero attached hydrogens (tertiary/aromatic N) is 2. The highest BCUT2D eigenvalue weighted by Gasteiger charge is 2.33. The van der Waals surface area contributed by atoms with E-state index in [0.29, 0.717) is 13.1 Å². The summed E-state index contributed by atoms with van der Waals surface area (Å²) in [6.07, 6.45) is 5.80. The average Bonchev–Trinajstić information content (AvgIpc) is 2.87. The van der Waals surface area contributed by atoms with Crippen molar-refractivity contribution in [1.82, 2.24) is 15.1 Å². The van der Waals surface area contributed by atoms with Crippen LogP contribution in [-0.2, 0) is 9.59 Å². The van der Waals surface area contributed by atoms with E-state index in [1.54, 1.807) is 4.90 Å². The molecule has 0 aromatic heterocycles. The van der Waals surface area contributed by atoms with E-state index in [1.165, 1.54) is 0 Å². The molecule has 1 N–H and O–H groups in total. The lowest BCUT2D eigenvalue weighted by atomic mass is 10.1. The molecule has 1 atom stereocenters. The van der Waals surface area contributed by atoms with Gasteiger partial charge in [0.25, 0.3) is 5.91 Å². The van der Waals surface area contributed by atoms with Crippen molar-refractivity contribution >= 4 is 11.8 Å². The highest BCUT2D eigenvalue weighted by Crippen LogP contribution is 2.19. The van der Waals surface area contributed by atoms with Gasteiger partial charge in [-0.1, -0.05) is 0 Å². The minimum atomic E-state index is -0.305. The summed E-state index contributed by atoms with van der Waals surface area (Å²) in [5.74, 6) is 1.89. The molecule has 0 aromatic rings. The molecule has 2 amide bonds. The van der Waals surface area contributed by atoms with E-state index in [9.17, 15) is 9.59 Å². The summed E-state index contributed by atoms with van der Waals surface area (Å²) in [5.41, 5.74) is 0. The van der Waals surface area contributed by atoms with Gasteiger partial charge in [-0.05, 0) is 12.3 Å². The first-order chi connectivity index (χ1) is 8.22. The van der Waals surface area contributed by atoms with Crippen molar-refractivity contribution in [2.45, 2.75) is 6.42 Å². The Labute approximate surface area is 101 Å². The molecular formula is C12H17N3O2. The van der Waals surface area contributed by atoms with Crippen LogP contribution in [0.3, 0.4) is 0 Å². The van der Waals surface area contributed by atoms with Gasteiger partial charge in [-0.15, -0.1) is 6.42 Å². The lowest BCUT2D eigenvalue weighted by Crippen LogP contribution is -2.48. The molecule has 0 radical (unpaired) electrons. The number of carbonyl (C=O) groups excluding carboxylic acids is 2. The van der Waals surface area contributed by atoms with Gasteiger partial charge in [0.05, 0.1) is 5.92 Å². The molecule has 17 heavy (non-hydrogen) atoms. The van der Waals surface area contributed by atoms with Crippen LogP contribution in [0.15, 0.2) is 0 Å². The zero-order valence-electron chi connectivity index (χ0n) is 9.82. The predicted molar refractivity (Wildman–Crippen MR) is 63.0 cm³/mol. The zero-order chi connectivity index (χ0) is 12.3. The number of terminal acetylenes is 1. The minimum Gasteiger partial charge on any atom is -0.340 e. The first-order valence-corrected chi connectivity index (χ1v) is 5.97. The van der Waals surface area contributed by atoms with Gasteiger partial charge >= 0.3 is 0 Å². The second-order valence-corrected chi connectivity index (χ2v) is 4.46. The van der Waals surface area contributed by atoms with Crippen molar-refractivity contribution in [3.63, 3.8) is 0 Å². The van der Waals surface area contributed by atoms with Crippen molar-refractivity contribution in [1.29, 1.82) is 0 Å². The topological polar surface area (TPSA) is 52.7 Å². The van der Waals surface area contributed by atoms with Crippen molar-refractivity contribution in [2.75, 3.05) is 39.3 Å². The molecule has 2 saturated heterocycles. The Morgan fingerprint density at radius 2 is 1.88 bits per heavy atom.